The summed E-state index contributed by atoms with van der Waals surface area (Å²) in [6.07, 6.45) is 2.67. The van der Waals surface area contributed by atoms with Crippen molar-refractivity contribution in [1.82, 2.24) is 9.97 Å². The molecule has 0 amide bonds. The molecule has 1 aliphatic heterocycles. The van der Waals surface area contributed by atoms with Crippen molar-refractivity contribution in [3.63, 3.8) is 0 Å². The van der Waals surface area contributed by atoms with Crippen molar-refractivity contribution < 1.29 is 0 Å². The van der Waals surface area contributed by atoms with Crippen LogP contribution in [-0.4, -0.2) is 27.0 Å². The molecule has 76 valence electrons. The number of thioether (sulfide) groups is 1. The van der Waals surface area contributed by atoms with Crippen LogP contribution in [0.3, 0.4) is 0 Å². The Hall–Kier alpha value is -0.480. The van der Waals surface area contributed by atoms with Gasteiger partial charge in [0.15, 0.2) is 0 Å². The SMILES string of the molecule is CC1CC(Nc2cc(Cl)ncn2)CS1. The Kier molecular flexibility index (Phi) is 3.13. The van der Waals surface area contributed by atoms with Crippen LogP contribution in [-0.2, 0) is 0 Å². The highest BCUT2D eigenvalue weighted by Crippen LogP contribution is 2.27. The quantitative estimate of drug-likeness (QED) is 0.791. The Balaban J connectivity index is 1.97. The summed E-state index contributed by atoms with van der Waals surface area (Å²) < 4.78 is 0. The first-order valence-electron chi connectivity index (χ1n) is 4.60. The predicted molar refractivity (Wildman–Crippen MR) is 61.0 cm³/mol. The van der Waals surface area contributed by atoms with Gasteiger partial charge in [-0.3, -0.25) is 0 Å². The Morgan fingerprint density at radius 2 is 2.43 bits per heavy atom. The number of aromatic nitrogens is 2. The van der Waals surface area contributed by atoms with Gasteiger partial charge in [-0.2, -0.15) is 11.8 Å². The van der Waals surface area contributed by atoms with Crippen LogP contribution in [0.1, 0.15) is 13.3 Å². The minimum Gasteiger partial charge on any atom is -0.366 e. The average molecular weight is 230 g/mol. The number of anilines is 1. The summed E-state index contributed by atoms with van der Waals surface area (Å²) in [6.45, 7) is 2.25. The van der Waals surface area contributed by atoms with Gasteiger partial charge >= 0.3 is 0 Å². The van der Waals surface area contributed by atoms with Gasteiger partial charge in [-0.15, -0.1) is 0 Å². The second-order valence-corrected chi connectivity index (χ2v) is 5.31. The molecule has 2 atom stereocenters. The zero-order valence-electron chi connectivity index (χ0n) is 7.90. The first-order chi connectivity index (χ1) is 6.74. The summed E-state index contributed by atoms with van der Waals surface area (Å²) in [5.74, 6) is 1.97. The van der Waals surface area contributed by atoms with Gasteiger partial charge in [-0.05, 0) is 6.42 Å². The van der Waals surface area contributed by atoms with Crippen LogP contribution in [0.4, 0.5) is 5.82 Å². The Labute approximate surface area is 92.7 Å². The molecule has 5 heteroatoms. The second-order valence-electron chi connectivity index (χ2n) is 3.45. The molecular weight excluding hydrogens is 218 g/mol. The molecule has 0 saturated carbocycles. The van der Waals surface area contributed by atoms with E-state index >= 15 is 0 Å². The van der Waals surface area contributed by atoms with E-state index in [4.69, 9.17) is 11.6 Å². The van der Waals surface area contributed by atoms with Gasteiger partial charge < -0.3 is 5.32 Å². The summed E-state index contributed by atoms with van der Waals surface area (Å²) in [5.41, 5.74) is 0. The lowest BCUT2D eigenvalue weighted by molar-refractivity contribution is 0.742. The first kappa shape index (κ1) is 10.1. The lowest BCUT2D eigenvalue weighted by Gasteiger charge is -2.11. The molecule has 0 spiro atoms. The van der Waals surface area contributed by atoms with Gasteiger partial charge in [0.25, 0.3) is 0 Å². The molecule has 0 aromatic carbocycles. The molecule has 0 aliphatic carbocycles. The van der Waals surface area contributed by atoms with Crippen LogP contribution >= 0.6 is 23.4 Å². The van der Waals surface area contributed by atoms with E-state index in [2.05, 4.69) is 22.2 Å². The zero-order valence-corrected chi connectivity index (χ0v) is 9.48. The number of hydrogen-bond donors (Lipinski definition) is 1. The molecule has 2 rings (SSSR count). The van der Waals surface area contributed by atoms with E-state index in [0.717, 1.165) is 16.8 Å². The fourth-order valence-electron chi connectivity index (χ4n) is 1.54. The fourth-order valence-corrected chi connectivity index (χ4v) is 2.84. The third kappa shape index (κ3) is 2.51. The molecule has 3 nitrogen and oxygen atoms in total. The van der Waals surface area contributed by atoms with Crippen LogP contribution in [0, 0.1) is 0 Å². The summed E-state index contributed by atoms with van der Waals surface area (Å²) in [5, 5.41) is 4.58. The highest BCUT2D eigenvalue weighted by molar-refractivity contribution is 8.00. The molecular formula is C9H12ClN3S. The molecule has 1 saturated heterocycles. The molecule has 2 unspecified atom stereocenters. The van der Waals surface area contributed by atoms with Crippen molar-refractivity contribution in [1.29, 1.82) is 0 Å². The molecule has 1 aromatic rings. The van der Waals surface area contributed by atoms with E-state index in [0.29, 0.717) is 11.2 Å². The van der Waals surface area contributed by atoms with Crippen molar-refractivity contribution in [2.75, 3.05) is 11.1 Å². The highest BCUT2D eigenvalue weighted by atomic mass is 35.5. The van der Waals surface area contributed by atoms with Gasteiger partial charge in [-0.25, -0.2) is 9.97 Å². The minimum absolute atomic E-state index is 0.487. The maximum Gasteiger partial charge on any atom is 0.134 e. The topological polar surface area (TPSA) is 37.8 Å². The van der Waals surface area contributed by atoms with Gasteiger partial charge in [0.05, 0.1) is 0 Å². The number of halogens is 1. The smallest absolute Gasteiger partial charge is 0.134 e. The molecule has 1 N–H and O–H groups in total. The lowest BCUT2D eigenvalue weighted by atomic mass is 10.2. The number of rotatable bonds is 2. The summed E-state index contributed by atoms with van der Waals surface area (Å²) in [4.78, 5) is 7.95. The zero-order chi connectivity index (χ0) is 9.97. The largest absolute Gasteiger partial charge is 0.366 e. The maximum atomic E-state index is 5.76. The van der Waals surface area contributed by atoms with E-state index in [-0.39, 0.29) is 0 Å². The van der Waals surface area contributed by atoms with Crippen LogP contribution in [0.25, 0.3) is 0 Å². The molecule has 2 heterocycles. The van der Waals surface area contributed by atoms with E-state index < -0.39 is 0 Å². The molecule has 0 bridgehead atoms. The molecule has 1 aliphatic rings. The van der Waals surface area contributed by atoms with E-state index in [1.165, 1.54) is 12.7 Å². The monoisotopic (exact) mass is 229 g/mol. The highest BCUT2D eigenvalue weighted by Gasteiger charge is 2.21. The Bertz CT molecular complexity index is 321. The normalized spacial score (nSPS) is 26.4. The van der Waals surface area contributed by atoms with E-state index in [1.807, 2.05) is 11.8 Å². The molecule has 0 radical (unpaired) electrons. The summed E-state index contributed by atoms with van der Waals surface area (Å²) in [7, 11) is 0. The Morgan fingerprint density at radius 3 is 3.07 bits per heavy atom. The lowest BCUT2D eigenvalue weighted by Crippen LogP contribution is -2.19. The standard InChI is InChI=1S/C9H12ClN3S/c1-6-2-7(4-14-6)13-9-3-8(10)11-5-12-9/h3,5-7H,2,4H2,1H3,(H,11,12,13). The van der Waals surface area contributed by atoms with Crippen LogP contribution in [0.15, 0.2) is 12.4 Å². The predicted octanol–water partition coefficient (Wildman–Crippen LogP) is 2.44. The van der Waals surface area contributed by atoms with Crippen molar-refractivity contribution in [3.05, 3.63) is 17.5 Å². The first-order valence-corrected chi connectivity index (χ1v) is 6.02. The molecule has 1 aromatic heterocycles. The summed E-state index contributed by atoms with van der Waals surface area (Å²) in [6, 6.07) is 2.27. The van der Waals surface area contributed by atoms with E-state index in [9.17, 15) is 0 Å². The second kappa shape index (κ2) is 4.36. The molecule has 1 fully saturated rings. The number of nitrogens with one attached hydrogen (secondary N) is 1. The van der Waals surface area contributed by atoms with Gasteiger partial charge in [0, 0.05) is 23.1 Å². The number of nitrogens with zero attached hydrogens (tertiary/aromatic N) is 2. The van der Waals surface area contributed by atoms with Crippen molar-refractivity contribution >= 4 is 29.2 Å². The van der Waals surface area contributed by atoms with Gasteiger partial charge in [-0.1, -0.05) is 18.5 Å². The van der Waals surface area contributed by atoms with Crippen molar-refractivity contribution in [3.8, 4) is 0 Å². The van der Waals surface area contributed by atoms with Crippen molar-refractivity contribution in [2.45, 2.75) is 24.6 Å². The third-order valence-corrected chi connectivity index (χ3v) is 3.75. The van der Waals surface area contributed by atoms with Crippen LogP contribution < -0.4 is 5.32 Å². The minimum atomic E-state index is 0.487. The fraction of sp³-hybridized carbons (Fsp3) is 0.556. The maximum absolute atomic E-state index is 5.76. The van der Waals surface area contributed by atoms with Crippen LogP contribution in [0.2, 0.25) is 5.15 Å². The van der Waals surface area contributed by atoms with Gasteiger partial charge in [0.2, 0.25) is 0 Å². The van der Waals surface area contributed by atoms with Crippen LogP contribution in [0.5, 0.6) is 0 Å². The summed E-state index contributed by atoms with van der Waals surface area (Å²) >= 11 is 7.75. The average Bonchev–Trinajstić information content (AvgIpc) is 2.51. The molecule has 14 heavy (non-hydrogen) atoms. The number of hydrogen-bond acceptors (Lipinski definition) is 4. The van der Waals surface area contributed by atoms with E-state index in [1.54, 1.807) is 6.07 Å². The van der Waals surface area contributed by atoms with Gasteiger partial charge in [0.1, 0.15) is 17.3 Å². The van der Waals surface area contributed by atoms with Crippen molar-refractivity contribution in [2.24, 2.45) is 0 Å². The third-order valence-electron chi connectivity index (χ3n) is 2.18. The Morgan fingerprint density at radius 1 is 1.57 bits per heavy atom.